The summed E-state index contributed by atoms with van der Waals surface area (Å²) in [6, 6.07) is 5.54. The molecule has 0 radical (unpaired) electrons. The van der Waals surface area contributed by atoms with E-state index in [0.717, 1.165) is 16.8 Å². The molecule has 1 aromatic carbocycles. The van der Waals surface area contributed by atoms with Crippen molar-refractivity contribution >= 4 is 11.7 Å². The monoisotopic (exact) mass is 288 g/mol. The number of urea groups is 1. The highest BCUT2D eigenvalue weighted by molar-refractivity contribution is 5.89. The zero-order valence-corrected chi connectivity index (χ0v) is 12.2. The lowest BCUT2D eigenvalue weighted by Gasteiger charge is -2.27. The lowest BCUT2D eigenvalue weighted by Crippen LogP contribution is -2.43. The number of benzene rings is 1. The van der Waals surface area contributed by atoms with Crippen LogP contribution in [-0.2, 0) is 4.74 Å². The summed E-state index contributed by atoms with van der Waals surface area (Å²) in [6.07, 6.45) is 0.448. The van der Waals surface area contributed by atoms with Gasteiger partial charge in [-0.25, -0.2) is 4.79 Å². The van der Waals surface area contributed by atoms with Gasteiger partial charge in [-0.2, -0.15) is 0 Å². The quantitative estimate of drug-likeness (QED) is 0.813. The number of carbonyl (C=O) groups is 1. The van der Waals surface area contributed by atoms with Crippen molar-refractivity contribution in [2.75, 3.05) is 38.2 Å². The maximum absolute atomic E-state index is 12.1. The highest BCUT2D eigenvalue weighted by Crippen LogP contribution is 2.15. The summed E-state index contributed by atoms with van der Waals surface area (Å²) in [6.45, 7) is 4.41. The zero-order valence-electron chi connectivity index (χ0n) is 12.2. The van der Waals surface area contributed by atoms with Crippen LogP contribution < -0.4 is 5.32 Å². The number of aliphatic hydroxyl groups excluding tert-OH is 1. The number of nitrogens with one attached hydrogen (secondary N) is 1. The summed E-state index contributed by atoms with van der Waals surface area (Å²) in [7, 11) is 0. The molecular weight excluding hydrogens is 268 g/mol. The van der Waals surface area contributed by atoms with Crippen molar-refractivity contribution in [2.45, 2.75) is 13.3 Å². The van der Waals surface area contributed by atoms with Crippen molar-refractivity contribution in [3.05, 3.63) is 29.3 Å². The summed E-state index contributed by atoms with van der Waals surface area (Å²) in [4.78, 5) is 13.9. The molecule has 0 saturated carbocycles. The molecule has 21 heavy (non-hydrogen) atoms. The van der Waals surface area contributed by atoms with Gasteiger partial charge in [-0.1, -0.05) is 17.9 Å². The average Bonchev–Trinajstić information content (AvgIpc) is 2.51. The molecule has 0 spiro atoms. The number of carbonyl (C=O) groups excluding carboxylic acids is 1. The summed E-state index contributed by atoms with van der Waals surface area (Å²) in [5, 5.41) is 11.6. The van der Waals surface area contributed by atoms with Crippen molar-refractivity contribution in [3.63, 3.8) is 0 Å². The number of hydrogen-bond acceptors (Lipinski definition) is 3. The number of ether oxygens (including phenoxy) is 1. The smallest absolute Gasteiger partial charge is 0.322 e. The maximum Gasteiger partial charge on any atom is 0.322 e. The Hall–Kier alpha value is -2.03. The standard InChI is InChI=1S/C16H20N2O3/c1-13-5-6-15(12-14(13)4-2-3-9-19)17-16(20)18-7-10-21-11-8-18/h5-6,12,19H,3,7-11H2,1H3,(H,17,20). The predicted molar refractivity (Wildman–Crippen MR) is 81.2 cm³/mol. The van der Waals surface area contributed by atoms with Crippen LogP contribution in [0.25, 0.3) is 0 Å². The van der Waals surface area contributed by atoms with Crippen LogP contribution in [0, 0.1) is 18.8 Å². The number of rotatable bonds is 2. The molecule has 0 atom stereocenters. The fourth-order valence-corrected chi connectivity index (χ4v) is 2.02. The maximum atomic E-state index is 12.1. The van der Waals surface area contributed by atoms with Crippen LogP contribution in [0.2, 0.25) is 0 Å². The van der Waals surface area contributed by atoms with E-state index < -0.39 is 0 Å². The summed E-state index contributed by atoms with van der Waals surface area (Å²) < 4.78 is 5.23. The number of morpholine rings is 1. The van der Waals surface area contributed by atoms with Crippen molar-refractivity contribution in [3.8, 4) is 11.8 Å². The lowest BCUT2D eigenvalue weighted by molar-refractivity contribution is 0.0564. The lowest BCUT2D eigenvalue weighted by atomic mass is 10.1. The Bertz CT molecular complexity index is 554. The second kappa shape index (κ2) is 7.67. The topological polar surface area (TPSA) is 61.8 Å². The summed E-state index contributed by atoms with van der Waals surface area (Å²) in [5.74, 6) is 5.91. The van der Waals surface area contributed by atoms with Gasteiger partial charge in [0.25, 0.3) is 0 Å². The number of amides is 2. The molecular formula is C16H20N2O3. The van der Waals surface area contributed by atoms with Crippen LogP contribution in [0.15, 0.2) is 18.2 Å². The molecule has 0 aliphatic carbocycles. The van der Waals surface area contributed by atoms with Gasteiger partial charge in [0.2, 0.25) is 0 Å². The van der Waals surface area contributed by atoms with Crippen LogP contribution in [0.5, 0.6) is 0 Å². The van der Waals surface area contributed by atoms with Crippen LogP contribution in [0.1, 0.15) is 17.5 Å². The van der Waals surface area contributed by atoms with E-state index in [9.17, 15) is 4.79 Å². The molecule has 1 saturated heterocycles. The van der Waals surface area contributed by atoms with E-state index in [2.05, 4.69) is 17.2 Å². The zero-order chi connectivity index (χ0) is 15.1. The first-order valence-corrected chi connectivity index (χ1v) is 7.05. The van der Waals surface area contributed by atoms with Gasteiger partial charge in [-0.05, 0) is 24.6 Å². The van der Waals surface area contributed by atoms with Gasteiger partial charge in [0.1, 0.15) is 0 Å². The molecule has 5 heteroatoms. The fraction of sp³-hybridized carbons (Fsp3) is 0.438. The molecule has 2 amide bonds. The van der Waals surface area contributed by atoms with Crippen LogP contribution in [0.3, 0.4) is 0 Å². The van der Waals surface area contributed by atoms with Crippen molar-refractivity contribution in [2.24, 2.45) is 0 Å². The Morgan fingerprint density at radius 3 is 2.90 bits per heavy atom. The van der Waals surface area contributed by atoms with Crippen LogP contribution in [-0.4, -0.2) is 48.9 Å². The summed E-state index contributed by atoms with van der Waals surface area (Å²) >= 11 is 0. The van der Waals surface area contributed by atoms with E-state index in [1.807, 2.05) is 25.1 Å². The van der Waals surface area contributed by atoms with E-state index in [-0.39, 0.29) is 12.6 Å². The van der Waals surface area contributed by atoms with Gasteiger partial charge in [-0.15, -0.1) is 0 Å². The molecule has 1 heterocycles. The summed E-state index contributed by atoms with van der Waals surface area (Å²) in [5.41, 5.74) is 2.64. The van der Waals surface area contributed by atoms with Gasteiger partial charge in [-0.3, -0.25) is 0 Å². The number of aryl methyl sites for hydroxylation is 1. The number of hydrogen-bond donors (Lipinski definition) is 2. The molecule has 5 nitrogen and oxygen atoms in total. The Kier molecular flexibility index (Phi) is 5.61. The third-order valence-electron chi connectivity index (χ3n) is 3.25. The van der Waals surface area contributed by atoms with E-state index in [1.165, 1.54) is 0 Å². The number of aliphatic hydroxyl groups is 1. The molecule has 1 aliphatic rings. The minimum Gasteiger partial charge on any atom is -0.395 e. The Morgan fingerprint density at radius 2 is 2.19 bits per heavy atom. The molecule has 0 bridgehead atoms. The first-order valence-electron chi connectivity index (χ1n) is 7.05. The van der Waals surface area contributed by atoms with Crippen molar-refractivity contribution in [1.82, 2.24) is 4.90 Å². The van der Waals surface area contributed by atoms with Gasteiger partial charge in [0.05, 0.1) is 19.8 Å². The van der Waals surface area contributed by atoms with Crippen LogP contribution in [0.4, 0.5) is 10.5 Å². The van der Waals surface area contributed by atoms with E-state index >= 15 is 0 Å². The number of nitrogens with zero attached hydrogens (tertiary/aromatic N) is 1. The molecule has 0 aromatic heterocycles. The van der Waals surface area contributed by atoms with Gasteiger partial charge in [0.15, 0.2) is 0 Å². The van der Waals surface area contributed by atoms with Gasteiger partial charge >= 0.3 is 6.03 Å². The first kappa shape index (κ1) is 15.4. The average molecular weight is 288 g/mol. The normalized spacial score (nSPS) is 14.3. The van der Waals surface area contributed by atoms with Crippen LogP contribution >= 0.6 is 0 Å². The molecule has 1 aromatic rings. The Balaban J connectivity index is 2.04. The minimum atomic E-state index is -0.114. The van der Waals surface area contributed by atoms with Crippen molar-refractivity contribution < 1.29 is 14.6 Å². The Morgan fingerprint density at radius 1 is 1.43 bits per heavy atom. The second-order valence-electron chi connectivity index (χ2n) is 4.83. The van der Waals surface area contributed by atoms with Gasteiger partial charge < -0.3 is 20.1 Å². The minimum absolute atomic E-state index is 0.0551. The van der Waals surface area contributed by atoms with E-state index in [4.69, 9.17) is 9.84 Å². The van der Waals surface area contributed by atoms with Gasteiger partial charge in [0, 0.05) is 30.8 Å². The third-order valence-corrected chi connectivity index (χ3v) is 3.25. The second-order valence-corrected chi connectivity index (χ2v) is 4.83. The highest BCUT2D eigenvalue weighted by atomic mass is 16.5. The van der Waals surface area contributed by atoms with Crippen molar-refractivity contribution in [1.29, 1.82) is 0 Å². The molecule has 112 valence electrons. The van der Waals surface area contributed by atoms with E-state index in [1.54, 1.807) is 4.90 Å². The largest absolute Gasteiger partial charge is 0.395 e. The molecule has 1 fully saturated rings. The molecule has 1 aliphatic heterocycles. The Labute approximate surface area is 124 Å². The fourth-order valence-electron chi connectivity index (χ4n) is 2.02. The predicted octanol–water partition coefficient (Wildman–Crippen LogP) is 1.59. The SMILES string of the molecule is Cc1ccc(NC(=O)N2CCOCC2)cc1C#CCCO. The molecule has 2 rings (SSSR count). The first-order chi connectivity index (χ1) is 10.2. The highest BCUT2D eigenvalue weighted by Gasteiger charge is 2.16. The van der Waals surface area contributed by atoms with E-state index in [0.29, 0.717) is 32.7 Å². The molecule has 2 N–H and O–H groups in total. The number of anilines is 1. The molecule has 0 unspecified atom stereocenters. The third kappa shape index (κ3) is 4.48.